The van der Waals surface area contributed by atoms with Gasteiger partial charge in [0, 0.05) is 19.8 Å². The van der Waals surface area contributed by atoms with Gasteiger partial charge in [-0.1, -0.05) is 26.7 Å². The molecule has 0 aromatic rings. The van der Waals surface area contributed by atoms with Crippen molar-refractivity contribution in [3.8, 4) is 0 Å². The first kappa shape index (κ1) is 13.9. The lowest BCUT2D eigenvalue weighted by molar-refractivity contribution is 0.187. The summed E-state index contributed by atoms with van der Waals surface area (Å²) in [5.74, 6) is 0.884. The fourth-order valence-corrected chi connectivity index (χ4v) is 1.88. The molecule has 0 aromatic heterocycles. The molecule has 2 nitrogen and oxygen atoms in total. The molecule has 2 heteroatoms. The number of hydrogen-bond acceptors (Lipinski definition) is 2. The second-order valence-corrected chi connectivity index (χ2v) is 4.04. The van der Waals surface area contributed by atoms with Gasteiger partial charge in [0.15, 0.2) is 0 Å². The van der Waals surface area contributed by atoms with Crippen molar-refractivity contribution >= 4 is 0 Å². The zero-order chi connectivity index (χ0) is 10.8. The summed E-state index contributed by atoms with van der Waals surface area (Å²) in [6.07, 6.45) is 6.33. The number of ether oxygens (including phenoxy) is 1. The maximum absolute atomic E-state index is 5.07. The standard InChI is InChI=1S/C12H27NO/c1-5-11(6-2)10-12(13-3)8-7-9-14-4/h11-13H,5-10H2,1-4H3. The zero-order valence-corrected chi connectivity index (χ0v) is 10.3. The van der Waals surface area contributed by atoms with Crippen LogP contribution in [-0.2, 0) is 4.74 Å². The molecule has 0 radical (unpaired) electrons. The second kappa shape index (κ2) is 9.47. The molecule has 1 N–H and O–H groups in total. The summed E-state index contributed by atoms with van der Waals surface area (Å²) in [6.45, 7) is 5.47. The smallest absolute Gasteiger partial charge is 0.0462 e. The SMILES string of the molecule is CCC(CC)CC(CCCOC)NC. The van der Waals surface area contributed by atoms with Crippen LogP contribution in [0, 0.1) is 5.92 Å². The summed E-state index contributed by atoms with van der Waals surface area (Å²) in [6, 6.07) is 0.676. The molecule has 1 atom stereocenters. The highest BCUT2D eigenvalue weighted by atomic mass is 16.5. The van der Waals surface area contributed by atoms with E-state index < -0.39 is 0 Å². The van der Waals surface area contributed by atoms with Crippen LogP contribution >= 0.6 is 0 Å². The largest absolute Gasteiger partial charge is 0.385 e. The Morgan fingerprint density at radius 1 is 1.21 bits per heavy atom. The van der Waals surface area contributed by atoms with Crippen LogP contribution in [-0.4, -0.2) is 26.8 Å². The van der Waals surface area contributed by atoms with E-state index in [1.165, 1.54) is 32.1 Å². The molecule has 0 fully saturated rings. The fourth-order valence-electron chi connectivity index (χ4n) is 1.88. The van der Waals surface area contributed by atoms with Crippen LogP contribution in [0.2, 0.25) is 0 Å². The molecule has 0 saturated heterocycles. The molecule has 0 aliphatic rings. The third-order valence-corrected chi connectivity index (χ3v) is 3.08. The van der Waals surface area contributed by atoms with Crippen molar-refractivity contribution in [2.24, 2.45) is 5.92 Å². The van der Waals surface area contributed by atoms with E-state index in [0.717, 1.165) is 12.5 Å². The minimum absolute atomic E-state index is 0.676. The van der Waals surface area contributed by atoms with Crippen LogP contribution in [0.5, 0.6) is 0 Å². The third kappa shape index (κ3) is 6.39. The van der Waals surface area contributed by atoms with Crippen molar-refractivity contribution in [1.82, 2.24) is 5.32 Å². The van der Waals surface area contributed by atoms with Crippen LogP contribution in [0.25, 0.3) is 0 Å². The quantitative estimate of drug-likeness (QED) is 0.579. The van der Waals surface area contributed by atoms with Gasteiger partial charge < -0.3 is 10.1 Å². The first-order valence-corrected chi connectivity index (χ1v) is 5.94. The van der Waals surface area contributed by atoms with E-state index in [1.807, 2.05) is 0 Å². The molecule has 0 saturated carbocycles. The second-order valence-electron chi connectivity index (χ2n) is 4.04. The Kier molecular flexibility index (Phi) is 9.42. The number of hydrogen-bond donors (Lipinski definition) is 1. The molecule has 0 bridgehead atoms. The van der Waals surface area contributed by atoms with Gasteiger partial charge in [0.05, 0.1) is 0 Å². The number of methoxy groups -OCH3 is 1. The average molecular weight is 201 g/mol. The van der Waals surface area contributed by atoms with Crippen LogP contribution in [0.3, 0.4) is 0 Å². The first-order chi connectivity index (χ1) is 6.78. The van der Waals surface area contributed by atoms with E-state index in [2.05, 4.69) is 26.2 Å². The van der Waals surface area contributed by atoms with E-state index >= 15 is 0 Å². The molecule has 0 amide bonds. The minimum Gasteiger partial charge on any atom is -0.385 e. The maximum Gasteiger partial charge on any atom is 0.0462 e. The van der Waals surface area contributed by atoms with Crippen molar-refractivity contribution in [2.75, 3.05) is 20.8 Å². The monoisotopic (exact) mass is 201 g/mol. The van der Waals surface area contributed by atoms with Gasteiger partial charge in [-0.3, -0.25) is 0 Å². The molecule has 1 unspecified atom stereocenters. The zero-order valence-electron chi connectivity index (χ0n) is 10.3. The van der Waals surface area contributed by atoms with E-state index in [0.29, 0.717) is 6.04 Å². The van der Waals surface area contributed by atoms with E-state index in [-0.39, 0.29) is 0 Å². The van der Waals surface area contributed by atoms with Gasteiger partial charge in [-0.25, -0.2) is 0 Å². The van der Waals surface area contributed by atoms with E-state index in [9.17, 15) is 0 Å². The number of rotatable bonds is 9. The summed E-state index contributed by atoms with van der Waals surface area (Å²) in [4.78, 5) is 0. The maximum atomic E-state index is 5.07. The van der Waals surface area contributed by atoms with Gasteiger partial charge in [0.25, 0.3) is 0 Å². The van der Waals surface area contributed by atoms with E-state index in [1.54, 1.807) is 7.11 Å². The van der Waals surface area contributed by atoms with Gasteiger partial charge >= 0.3 is 0 Å². The van der Waals surface area contributed by atoms with Gasteiger partial charge in [-0.15, -0.1) is 0 Å². The molecule has 0 rings (SSSR count). The molecular weight excluding hydrogens is 174 g/mol. The average Bonchev–Trinajstić information content (AvgIpc) is 2.23. The normalized spacial score (nSPS) is 13.5. The van der Waals surface area contributed by atoms with Crippen molar-refractivity contribution in [3.63, 3.8) is 0 Å². The van der Waals surface area contributed by atoms with Gasteiger partial charge in [0.2, 0.25) is 0 Å². The Bertz CT molecular complexity index is 113. The van der Waals surface area contributed by atoms with Crippen molar-refractivity contribution in [3.05, 3.63) is 0 Å². The van der Waals surface area contributed by atoms with Gasteiger partial charge in [-0.2, -0.15) is 0 Å². The molecular formula is C12H27NO. The Hall–Kier alpha value is -0.0800. The molecule has 0 aliphatic heterocycles. The highest BCUT2D eigenvalue weighted by Gasteiger charge is 2.11. The minimum atomic E-state index is 0.676. The molecule has 86 valence electrons. The van der Waals surface area contributed by atoms with Gasteiger partial charge in [-0.05, 0) is 32.2 Å². The summed E-state index contributed by atoms with van der Waals surface area (Å²) < 4.78 is 5.07. The highest BCUT2D eigenvalue weighted by Crippen LogP contribution is 2.17. The van der Waals surface area contributed by atoms with Crippen molar-refractivity contribution < 1.29 is 4.74 Å². The molecule has 0 aliphatic carbocycles. The van der Waals surface area contributed by atoms with Gasteiger partial charge in [0.1, 0.15) is 0 Å². The van der Waals surface area contributed by atoms with Crippen LogP contribution < -0.4 is 5.32 Å². The third-order valence-electron chi connectivity index (χ3n) is 3.08. The molecule has 0 heterocycles. The van der Waals surface area contributed by atoms with Crippen LogP contribution in [0.1, 0.15) is 46.0 Å². The lowest BCUT2D eigenvalue weighted by Crippen LogP contribution is -2.28. The first-order valence-electron chi connectivity index (χ1n) is 5.94. The summed E-state index contributed by atoms with van der Waals surface area (Å²) in [5.41, 5.74) is 0. The van der Waals surface area contributed by atoms with Crippen molar-refractivity contribution in [2.45, 2.75) is 52.0 Å². The molecule has 14 heavy (non-hydrogen) atoms. The highest BCUT2D eigenvalue weighted by molar-refractivity contribution is 4.69. The van der Waals surface area contributed by atoms with Crippen LogP contribution in [0.15, 0.2) is 0 Å². The summed E-state index contributed by atoms with van der Waals surface area (Å²) in [7, 11) is 3.84. The van der Waals surface area contributed by atoms with Crippen molar-refractivity contribution in [1.29, 1.82) is 0 Å². The van der Waals surface area contributed by atoms with Crippen LogP contribution in [0.4, 0.5) is 0 Å². The lowest BCUT2D eigenvalue weighted by Gasteiger charge is -2.21. The lowest BCUT2D eigenvalue weighted by atomic mass is 9.93. The Morgan fingerprint density at radius 2 is 1.86 bits per heavy atom. The fraction of sp³-hybridized carbons (Fsp3) is 1.00. The Labute approximate surface area is 89.4 Å². The molecule has 0 spiro atoms. The Morgan fingerprint density at radius 3 is 2.29 bits per heavy atom. The predicted molar refractivity (Wildman–Crippen MR) is 62.6 cm³/mol. The topological polar surface area (TPSA) is 21.3 Å². The van der Waals surface area contributed by atoms with E-state index in [4.69, 9.17) is 4.74 Å². The summed E-state index contributed by atoms with van der Waals surface area (Å²) in [5, 5.41) is 3.40. The number of nitrogens with one attached hydrogen (secondary N) is 1. The Balaban J connectivity index is 3.65. The predicted octanol–water partition coefficient (Wildman–Crippen LogP) is 2.83. The summed E-state index contributed by atoms with van der Waals surface area (Å²) >= 11 is 0. The molecule has 0 aromatic carbocycles.